The molecule has 88 valence electrons. The minimum atomic E-state index is -0.0663. The van der Waals surface area contributed by atoms with E-state index in [1.807, 2.05) is 12.1 Å². The van der Waals surface area contributed by atoms with E-state index in [2.05, 4.69) is 5.32 Å². The molecule has 0 saturated heterocycles. The predicted molar refractivity (Wildman–Crippen MR) is 65.0 cm³/mol. The summed E-state index contributed by atoms with van der Waals surface area (Å²) in [6.45, 7) is 1.01. The standard InChI is InChI=1S/C14H20FN/c15-14-10-4-1-6-12(14)7-5-11-16-13-8-2-3-9-13/h1,4,6,10,13,16H,2-3,5,7-9,11H2. The van der Waals surface area contributed by atoms with Gasteiger partial charge in [-0.25, -0.2) is 4.39 Å². The maximum absolute atomic E-state index is 13.3. The van der Waals surface area contributed by atoms with E-state index in [0.29, 0.717) is 0 Å². The van der Waals surface area contributed by atoms with Crippen molar-refractivity contribution in [2.75, 3.05) is 6.54 Å². The molecule has 0 atom stereocenters. The Morgan fingerprint density at radius 2 is 1.94 bits per heavy atom. The highest BCUT2D eigenvalue weighted by Gasteiger charge is 2.13. The van der Waals surface area contributed by atoms with Gasteiger partial charge in [0.15, 0.2) is 0 Å². The van der Waals surface area contributed by atoms with Crippen LogP contribution in [0.1, 0.15) is 37.7 Å². The predicted octanol–water partition coefficient (Wildman–Crippen LogP) is 3.29. The minimum Gasteiger partial charge on any atom is -0.314 e. The monoisotopic (exact) mass is 221 g/mol. The second-order valence-corrected chi connectivity index (χ2v) is 4.63. The first kappa shape index (κ1) is 11.6. The molecule has 1 aliphatic rings. The zero-order chi connectivity index (χ0) is 11.2. The van der Waals surface area contributed by atoms with Gasteiger partial charge in [0.1, 0.15) is 5.82 Å². The van der Waals surface area contributed by atoms with Crippen LogP contribution in [0.5, 0.6) is 0 Å². The molecule has 2 rings (SSSR count). The van der Waals surface area contributed by atoms with Crippen LogP contribution in [0.3, 0.4) is 0 Å². The van der Waals surface area contributed by atoms with E-state index in [1.54, 1.807) is 12.1 Å². The Balaban J connectivity index is 1.66. The van der Waals surface area contributed by atoms with Crippen LogP contribution >= 0.6 is 0 Å². The first-order chi connectivity index (χ1) is 7.86. The summed E-state index contributed by atoms with van der Waals surface area (Å²) in [5.41, 5.74) is 0.843. The number of halogens is 1. The summed E-state index contributed by atoms with van der Waals surface area (Å²) in [5.74, 6) is -0.0663. The quantitative estimate of drug-likeness (QED) is 0.752. The van der Waals surface area contributed by atoms with Crippen LogP contribution in [0.25, 0.3) is 0 Å². The molecule has 0 aliphatic heterocycles. The summed E-state index contributed by atoms with van der Waals surface area (Å²) < 4.78 is 13.3. The maximum atomic E-state index is 13.3. The Labute approximate surface area is 97.1 Å². The van der Waals surface area contributed by atoms with Gasteiger partial charge in [0, 0.05) is 6.04 Å². The molecule has 0 unspecified atom stereocenters. The van der Waals surface area contributed by atoms with Crippen LogP contribution in [0.2, 0.25) is 0 Å². The van der Waals surface area contributed by atoms with Crippen molar-refractivity contribution in [1.29, 1.82) is 0 Å². The summed E-state index contributed by atoms with van der Waals surface area (Å²) in [5, 5.41) is 3.55. The van der Waals surface area contributed by atoms with Crippen molar-refractivity contribution in [1.82, 2.24) is 5.32 Å². The highest BCUT2D eigenvalue weighted by Crippen LogP contribution is 2.17. The molecule has 16 heavy (non-hydrogen) atoms. The average molecular weight is 221 g/mol. The molecule has 0 heterocycles. The van der Waals surface area contributed by atoms with Gasteiger partial charge < -0.3 is 5.32 Å². The van der Waals surface area contributed by atoms with E-state index in [4.69, 9.17) is 0 Å². The fourth-order valence-electron chi connectivity index (χ4n) is 2.42. The van der Waals surface area contributed by atoms with E-state index in [1.165, 1.54) is 25.7 Å². The molecule has 1 aromatic carbocycles. The van der Waals surface area contributed by atoms with E-state index >= 15 is 0 Å². The van der Waals surface area contributed by atoms with Crippen LogP contribution in [0.4, 0.5) is 4.39 Å². The number of nitrogens with one attached hydrogen (secondary N) is 1. The molecular weight excluding hydrogens is 201 g/mol. The fourth-order valence-corrected chi connectivity index (χ4v) is 2.42. The first-order valence-corrected chi connectivity index (χ1v) is 6.33. The zero-order valence-corrected chi connectivity index (χ0v) is 9.71. The number of hydrogen-bond donors (Lipinski definition) is 1. The molecule has 0 amide bonds. The van der Waals surface area contributed by atoms with E-state index in [9.17, 15) is 4.39 Å². The number of benzene rings is 1. The topological polar surface area (TPSA) is 12.0 Å². The van der Waals surface area contributed by atoms with E-state index < -0.39 is 0 Å². The van der Waals surface area contributed by atoms with Crippen molar-refractivity contribution in [2.24, 2.45) is 0 Å². The Bertz CT molecular complexity index is 318. The Morgan fingerprint density at radius 1 is 1.19 bits per heavy atom. The highest BCUT2D eigenvalue weighted by molar-refractivity contribution is 5.17. The molecule has 1 saturated carbocycles. The van der Waals surface area contributed by atoms with Crippen LogP contribution < -0.4 is 5.32 Å². The molecular formula is C14H20FN. The van der Waals surface area contributed by atoms with Gasteiger partial charge in [-0.05, 0) is 43.9 Å². The summed E-state index contributed by atoms with van der Waals surface area (Å²) in [6.07, 6.45) is 7.24. The van der Waals surface area contributed by atoms with Crippen molar-refractivity contribution in [2.45, 2.75) is 44.6 Å². The summed E-state index contributed by atoms with van der Waals surface area (Å²) in [4.78, 5) is 0. The van der Waals surface area contributed by atoms with Crippen molar-refractivity contribution < 1.29 is 4.39 Å². The number of aryl methyl sites for hydroxylation is 1. The lowest BCUT2D eigenvalue weighted by atomic mass is 10.1. The van der Waals surface area contributed by atoms with Gasteiger partial charge in [0.05, 0.1) is 0 Å². The van der Waals surface area contributed by atoms with Crippen LogP contribution in [-0.4, -0.2) is 12.6 Å². The van der Waals surface area contributed by atoms with E-state index in [0.717, 1.165) is 31.0 Å². The normalized spacial score (nSPS) is 16.8. The van der Waals surface area contributed by atoms with Gasteiger partial charge in [-0.1, -0.05) is 31.0 Å². The Kier molecular flexibility index (Phi) is 4.34. The molecule has 1 N–H and O–H groups in total. The molecule has 1 fully saturated rings. The Hall–Kier alpha value is -0.890. The van der Waals surface area contributed by atoms with Gasteiger partial charge in [-0.3, -0.25) is 0 Å². The van der Waals surface area contributed by atoms with Gasteiger partial charge in [0.2, 0.25) is 0 Å². The van der Waals surface area contributed by atoms with Crippen molar-refractivity contribution in [3.05, 3.63) is 35.6 Å². The molecule has 0 aromatic heterocycles. The lowest BCUT2D eigenvalue weighted by molar-refractivity contribution is 0.511. The third-order valence-corrected chi connectivity index (χ3v) is 3.37. The van der Waals surface area contributed by atoms with Crippen LogP contribution in [0, 0.1) is 5.82 Å². The van der Waals surface area contributed by atoms with Crippen LogP contribution in [0.15, 0.2) is 24.3 Å². The second-order valence-electron chi connectivity index (χ2n) is 4.63. The van der Waals surface area contributed by atoms with Gasteiger partial charge >= 0.3 is 0 Å². The number of hydrogen-bond acceptors (Lipinski definition) is 1. The van der Waals surface area contributed by atoms with Crippen molar-refractivity contribution in [3.63, 3.8) is 0 Å². The minimum absolute atomic E-state index is 0.0663. The molecule has 0 radical (unpaired) electrons. The van der Waals surface area contributed by atoms with Gasteiger partial charge in [0.25, 0.3) is 0 Å². The highest BCUT2D eigenvalue weighted by atomic mass is 19.1. The van der Waals surface area contributed by atoms with E-state index in [-0.39, 0.29) is 5.82 Å². The second kappa shape index (κ2) is 6.00. The third kappa shape index (κ3) is 3.31. The summed E-state index contributed by atoms with van der Waals surface area (Å²) in [6, 6.07) is 7.80. The Morgan fingerprint density at radius 3 is 2.69 bits per heavy atom. The van der Waals surface area contributed by atoms with Crippen molar-refractivity contribution >= 4 is 0 Å². The molecule has 0 spiro atoms. The fraction of sp³-hybridized carbons (Fsp3) is 0.571. The average Bonchev–Trinajstić information content (AvgIpc) is 2.79. The molecule has 1 aliphatic carbocycles. The van der Waals surface area contributed by atoms with Crippen LogP contribution in [-0.2, 0) is 6.42 Å². The third-order valence-electron chi connectivity index (χ3n) is 3.37. The lowest BCUT2D eigenvalue weighted by Gasteiger charge is -2.11. The molecule has 0 bridgehead atoms. The summed E-state index contributed by atoms with van der Waals surface area (Å²) in [7, 11) is 0. The SMILES string of the molecule is Fc1ccccc1CCCNC1CCCC1. The molecule has 1 nitrogen and oxygen atoms in total. The van der Waals surface area contributed by atoms with Crippen molar-refractivity contribution in [3.8, 4) is 0 Å². The first-order valence-electron chi connectivity index (χ1n) is 6.33. The largest absolute Gasteiger partial charge is 0.314 e. The number of rotatable bonds is 5. The smallest absolute Gasteiger partial charge is 0.126 e. The maximum Gasteiger partial charge on any atom is 0.126 e. The van der Waals surface area contributed by atoms with Gasteiger partial charge in [-0.15, -0.1) is 0 Å². The molecule has 2 heteroatoms. The summed E-state index contributed by atoms with van der Waals surface area (Å²) >= 11 is 0. The van der Waals surface area contributed by atoms with Gasteiger partial charge in [-0.2, -0.15) is 0 Å². The zero-order valence-electron chi connectivity index (χ0n) is 9.71. The molecule has 1 aromatic rings. The lowest BCUT2D eigenvalue weighted by Crippen LogP contribution is -2.27.